The number of hydrogen-bond donors (Lipinski definition) is 1. The molecule has 0 aliphatic carbocycles. The highest BCUT2D eigenvalue weighted by atomic mass is 16.2. The van der Waals surface area contributed by atoms with Gasteiger partial charge >= 0.3 is 6.03 Å². The Kier molecular flexibility index (Phi) is 3.87. The molecule has 4 rings (SSSR count). The summed E-state index contributed by atoms with van der Waals surface area (Å²) < 4.78 is 0. The van der Waals surface area contributed by atoms with Crippen LogP contribution in [0, 0.1) is 25.7 Å². The molecular weight excluding hydrogens is 320 g/mol. The lowest BCUT2D eigenvalue weighted by Crippen LogP contribution is -2.59. The molecule has 0 bridgehead atoms. The third kappa shape index (κ3) is 2.95. The highest BCUT2D eigenvalue weighted by Crippen LogP contribution is 2.34. The van der Waals surface area contributed by atoms with Crippen LogP contribution in [0.25, 0.3) is 0 Å². The molecule has 8 nitrogen and oxygen atoms in total. The molecule has 0 aromatic carbocycles. The molecule has 1 aromatic heterocycles. The second-order valence-electron chi connectivity index (χ2n) is 7.45. The number of nitrogens with zero attached hydrogens (tertiary/aromatic N) is 5. The van der Waals surface area contributed by atoms with Crippen LogP contribution in [0.4, 0.5) is 10.7 Å². The molecule has 3 atom stereocenters. The summed E-state index contributed by atoms with van der Waals surface area (Å²) in [7, 11) is 1.52. The Bertz CT molecular complexity index is 671. The van der Waals surface area contributed by atoms with Gasteiger partial charge in [-0.05, 0) is 31.7 Å². The van der Waals surface area contributed by atoms with Gasteiger partial charge in [0.05, 0.1) is 12.6 Å². The van der Waals surface area contributed by atoms with Gasteiger partial charge in [-0.2, -0.15) is 0 Å². The zero-order valence-corrected chi connectivity index (χ0v) is 14.9. The van der Waals surface area contributed by atoms with Crippen LogP contribution in [-0.2, 0) is 4.79 Å². The lowest BCUT2D eigenvalue weighted by molar-refractivity contribution is -0.130. The third-order valence-corrected chi connectivity index (χ3v) is 5.55. The molecule has 4 heterocycles. The Morgan fingerprint density at radius 2 is 1.64 bits per heavy atom. The van der Waals surface area contributed by atoms with E-state index in [1.807, 2.05) is 19.9 Å². The van der Waals surface area contributed by atoms with Gasteiger partial charge in [0.2, 0.25) is 11.9 Å². The van der Waals surface area contributed by atoms with Crippen molar-refractivity contribution in [1.29, 1.82) is 0 Å². The maximum Gasteiger partial charge on any atom is 0.325 e. The lowest BCUT2D eigenvalue weighted by atomic mass is 10.0. The summed E-state index contributed by atoms with van der Waals surface area (Å²) in [4.78, 5) is 38.6. The van der Waals surface area contributed by atoms with E-state index in [4.69, 9.17) is 0 Å². The lowest BCUT2D eigenvalue weighted by Gasteiger charge is -2.35. The van der Waals surface area contributed by atoms with Crippen molar-refractivity contribution < 1.29 is 9.59 Å². The van der Waals surface area contributed by atoms with Crippen LogP contribution in [-0.4, -0.2) is 71.1 Å². The molecule has 1 N–H and O–H groups in total. The standard InChI is InChI=1S/C17H24N6O2/c1-10-4-11(2)19-16(18-10)23-8-12-6-22(7-13(12)9-23)14-5-15(24)21(3)17(25)20-14/h4,12-14H,5-9H2,1-3H3,(H,20,25). The maximum absolute atomic E-state index is 11.9. The van der Waals surface area contributed by atoms with Crippen molar-refractivity contribution in [2.45, 2.75) is 26.4 Å². The van der Waals surface area contributed by atoms with Crippen LogP contribution in [0.2, 0.25) is 0 Å². The molecule has 1 aromatic rings. The molecule has 25 heavy (non-hydrogen) atoms. The molecule has 0 radical (unpaired) electrons. The molecule has 0 spiro atoms. The molecule has 3 amide bonds. The first kappa shape index (κ1) is 16.3. The minimum absolute atomic E-state index is 0.115. The van der Waals surface area contributed by atoms with Crippen molar-refractivity contribution in [2.24, 2.45) is 11.8 Å². The number of urea groups is 1. The number of anilines is 1. The molecule has 0 saturated carbocycles. The first-order valence-electron chi connectivity index (χ1n) is 8.79. The van der Waals surface area contributed by atoms with E-state index in [-0.39, 0.29) is 18.1 Å². The fourth-order valence-corrected chi connectivity index (χ4v) is 4.22. The fraction of sp³-hybridized carbons (Fsp3) is 0.647. The zero-order valence-electron chi connectivity index (χ0n) is 14.9. The number of nitrogens with one attached hydrogen (secondary N) is 1. The van der Waals surface area contributed by atoms with Gasteiger partial charge < -0.3 is 10.2 Å². The smallest absolute Gasteiger partial charge is 0.325 e. The summed E-state index contributed by atoms with van der Waals surface area (Å²) in [5.41, 5.74) is 1.99. The van der Waals surface area contributed by atoms with Crippen LogP contribution in [0.1, 0.15) is 17.8 Å². The Morgan fingerprint density at radius 3 is 2.20 bits per heavy atom. The Morgan fingerprint density at radius 1 is 1.04 bits per heavy atom. The second-order valence-corrected chi connectivity index (χ2v) is 7.45. The van der Waals surface area contributed by atoms with Gasteiger partial charge in [-0.15, -0.1) is 0 Å². The highest BCUT2D eigenvalue weighted by molar-refractivity contribution is 5.96. The van der Waals surface area contributed by atoms with Crippen LogP contribution in [0.5, 0.6) is 0 Å². The van der Waals surface area contributed by atoms with E-state index in [2.05, 4.69) is 25.1 Å². The summed E-state index contributed by atoms with van der Waals surface area (Å²) in [5, 5.41) is 2.94. The molecule has 3 saturated heterocycles. The minimum atomic E-state index is -0.302. The molecular formula is C17H24N6O2. The van der Waals surface area contributed by atoms with Gasteiger partial charge in [0.25, 0.3) is 0 Å². The van der Waals surface area contributed by atoms with Gasteiger partial charge in [0.15, 0.2) is 0 Å². The quantitative estimate of drug-likeness (QED) is 0.834. The Hall–Kier alpha value is -2.22. The first-order valence-corrected chi connectivity index (χ1v) is 8.79. The van der Waals surface area contributed by atoms with E-state index in [0.29, 0.717) is 18.3 Å². The first-order chi connectivity index (χ1) is 11.9. The summed E-state index contributed by atoms with van der Waals surface area (Å²) in [6.45, 7) is 7.65. The van der Waals surface area contributed by atoms with E-state index in [9.17, 15) is 9.59 Å². The zero-order chi connectivity index (χ0) is 17.7. The average molecular weight is 344 g/mol. The Labute approximate surface area is 147 Å². The van der Waals surface area contributed by atoms with Gasteiger partial charge in [-0.25, -0.2) is 14.8 Å². The van der Waals surface area contributed by atoms with Crippen molar-refractivity contribution in [3.63, 3.8) is 0 Å². The third-order valence-electron chi connectivity index (χ3n) is 5.55. The number of carbonyl (C=O) groups excluding carboxylic acids is 2. The number of aromatic nitrogens is 2. The number of carbonyl (C=O) groups is 2. The predicted octanol–water partition coefficient (Wildman–Crippen LogP) is 0.359. The van der Waals surface area contributed by atoms with Gasteiger partial charge in [0.1, 0.15) is 0 Å². The molecule has 3 aliphatic rings. The Balaban J connectivity index is 1.41. The number of likely N-dealkylation sites (tertiary alicyclic amines) is 1. The summed E-state index contributed by atoms with van der Waals surface area (Å²) in [6, 6.07) is 1.69. The fourth-order valence-electron chi connectivity index (χ4n) is 4.22. The van der Waals surface area contributed by atoms with E-state index < -0.39 is 0 Å². The monoisotopic (exact) mass is 344 g/mol. The second kappa shape index (κ2) is 5.94. The largest absolute Gasteiger partial charge is 0.340 e. The number of rotatable bonds is 2. The van der Waals surface area contributed by atoms with Gasteiger partial charge in [0, 0.05) is 44.6 Å². The van der Waals surface area contributed by atoms with E-state index in [1.54, 1.807) is 0 Å². The summed E-state index contributed by atoms with van der Waals surface area (Å²) in [5.74, 6) is 1.75. The van der Waals surface area contributed by atoms with Crippen molar-refractivity contribution in [1.82, 2.24) is 25.1 Å². The molecule has 3 fully saturated rings. The highest BCUT2D eigenvalue weighted by Gasteiger charge is 2.44. The molecule has 3 aliphatic heterocycles. The minimum Gasteiger partial charge on any atom is -0.340 e. The summed E-state index contributed by atoms with van der Waals surface area (Å²) >= 11 is 0. The van der Waals surface area contributed by atoms with Crippen molar-refractivity contribution >= 4 is 17.9 Å². The number of imide groups is 1. The average Bonchev–Trinajstić information content (AvgIpc) is 3.10. The number of fused-ring (bicyclic) bond motifs is 1. The van der Waals surface area contributed by atoms with Crippen molar-refractivity contribution in [2.75, 3.05) is 38.1 Å². The predicted molar refractivity (Wildman–Crippen MR) is 92.0 cm³/mol. The summed E-state index contributed by atoms with van der Waals surface area (Å²) in [6.07, 6.45) is 0.179. The van der Waals surface area contributed by atoms with E-state index >= 15 is 0 Å². The van der Waals surface area contributed by atoms with Gasteiger partial charge in [-0.3, -0.25) is 14.6 Å². The normalized spacial score (nSPS) is 30.0. The van der Waals surface area contributed by atoms with Crippen molar-refractivity contribution in [3.8, 4) is 0 Å². The van der Waals surface area contributed by atoms with E-state index in [1.165, 1.54) is 7.05 Å². The molecule has 134 valence electrons. The SMILES string of the molecule is Cc1cc(C)nc(N2CC3CN(C4CC(=O)N(C)C(=O)N4)CC3C2)n1. The van der Waals surface area contributed by atoms with Crippen LogP contribution in [0.15, 0.2) is 6.07 Å². The number of hydrogen-bond acceptors (Lipinski definition) is 6. The van der Waals surface area contributed by atoms with Crippen LogP contribution >= 0.6 is 0 Å². The maximum atomic E-state index is 11.9. The van der Waals surface area contributed by atoms with E-state index in [0.717, 1.165) is 48.4 Å². The number of aryl methyl sites for hydroxylation is 2. The number of amides is 3. The van der Waals surface area contributed by atoms with Crippen molar-refractivity contribution in [3.05, 3.63) is 17.5 Å². The van der Waals surface area contributed by atoms with Crippen LogP contribution < -0.4 is 10.2 Å². The topological polar surface area (TPSA) is 81.7 Å². The molecule has 3 unspecified atom stereocenters. The molecule has 8 heteroatoms. The van der Waals surface area contributed by atoms with Crippen LogP contribution in [0.3, 0.4) is 0 Å². The van der Waals surface area contributed by atoms with Gasteiger partial charge in [-0.1, -0.05) is 0 Å².